The number of nitro benzene ring substituents is 1. The van der Waals surface area contributed by atoms with Crippen LogP contribution in [0.4, 0.5) is 11.4 Å². The highest BCUT2D eigenvalue weighted by Crippen LogP contribution is 2.32. The van der Waals surface area contributed by atoms with Crippen LogP contribution >= 0.6 is 11.6 Å². The van der Waals surface area contributed by atoms with Gasteiger partial charge in [-0.15, -0.1) is 0 Å². The Morgan fingerprint density at radius 3 is 2.74 bits per heavy atom. The molecule has 0 amide bonds. The number of halogens is 1. The molecular weight excluding hydrogens is 320 g/mol. The summed E-state index contributed by atoms with van der Waals surface area (Å²) in [5, 5.41) is 11.2. The van der Waals surface area contributed by atoms with E-state index in [0.29, 0.717) is 10.9 Å². The van der Waals surface area contributed by atoms with Crippen LogP contribution in [-0.4, -0.2) is 43.9 Å². The van der Waals surface area contributed by atoms with Crippen LogP contribution in [0.15, 0.2) is 18.2 Å². The monoisotopic (exact) mass is 340 g/mol. The molecule has 2 saturated heterocycles. The molecule has 0 radical (unpaired) electrons. The molecule has 7 heteroatoms. The first-order valence-electron chi connectivity index (χ1n) is 8.01. The molecule has 2 aliphatic heterocycles. The third-order valence-electron chi connectivity index (χ3n) is 4.52. The van der Waals surface area contributed by atoms with Crippen LogP contribution in [0.3, 0.4) is 0 Å². The average Bonchev–Trinajstić information content (AvgIpc) is 3.07. The van der Waals surface area contributed by atoms with Crippen molar-refractivity contribution >= 4 is 23.0 Å². The quantitative estimate of drug-likeness (QED) is 0.608. The van der Waals surface area contributed by atoms with Crippen molar-refractivity contribution in [3.05, 3.63) is 33.3 Å². The summed E-state index contributed by atoms with van der Waals surface area (Å²) < 4.78 is 11.4. The van der Waals surface area contributed by atoms with Gasteiger partial charge in [0.25, 0.3) is 5.69 Å². The maximum absolute atomic E-state index is 10.8. The Morgan fingerprint density at radius 1 is 1.35 bits per heavy atom. The summed E-state index contributed by atoms with van der Waals surface area (Å²) in [6.07, 6.45) is 3.27. The lowest BCUT2D eigenvalue weighted by Crippen LogP contribution is -2.37. The number of ether oxygens (including phenoxy) is 2. The number of non-ortho nitro benzene ring substituents is 1. The molecule has 2 heterocycles. The van der Waals surface area contributed by atoms with Gasteiger partial charge in [-0.3, -0.25) is 10.1 Å². The zero-order valence-electron chi connectivity index (χ0n) is 12.9. The molecule has 0 aliphatic carbocycles. The van der Waals surface area contributed by atoms with Crippen molar-refractivity contribution in [3.63, 3.8) is 0 Å². The molecule has 1 atom stereocenters. The molecule has 0 saturated carbocycles. The van der Waals surface area contributed by atoms with Crippen molar-refractivity contribution in [2.45, 2.75) is 25.4 Å². The molecule has 3 rings (SSSR count). The number of anilines is 1. The lowest BCUT2D eigenvalue weighted by atomic mass is 10.1. The zero-order valence-corrected chi connectivity index (χ0v) is 13.7. The first kappa shape index (κ1) is 16.5. The van der Waals surface area contributed by atoms with Gasteiger partial charge in [-0.05, 0) is 25.3 Å². The Bertz CT molecular complexity index is 555. The SMILES string of the molecule is O=[N+]([O-])c1ccc(N2CCC(OCC3CCOC3)CC2)c(Cl)c1. The first-order valence-corrected chi connectivity index (χ1v) is 8.39. The van der Waals surface area contributed by atoms with Crippen LogP contribution in [0, 0.1) is 16.0 Å². The number of nitro groups is 1. The van der Waals surface area contributed by atoms with Crippen molar-refractivity contribution in [3.8, 4) is 0 Å². The van der Waals surface area contributed by atoms with Crippen LogP contribution < -0.4 is 4.90 Å². The second-order valence-corrected chi connectivity index (χ2v) is 6.55. The molecule has 1 unspecified atom stereocenters. The molecular formula is C16H21ClN2O4. The summed E-state index contributed by atoms with van der Waals surface area (Å²) in [7, 11) is 0. The maximum Gasteiger partial charge on any atom is 0.271 e. The third-order valence-corrected chi connectivity index (χ3v) is 4.82. The van der Waals surface area contributed by atoms with E-state index in [9.17, 15) is 10.1 Å². The minimum absolute atomic E-state index is 0.0238. The molecule has 0 N–H and O–H groups in total. The predicted molar refractivity (Wildman–Crippen MR) is 88.2 cm³/mol. The van der Waals surface area contributed by atoms with Gasteiger partial charge in [-0.25, -0.2) is 0 Å². The van der Waals surface area contributed by atoms with Crippen molar-refractivity contribution in [1.29, 1.82) is 0 Å². The standard InChI is InChI=1S/C16H21ClN2O4/c17-15-9-13(19(20)21)1-2-16(15)18-6-3-14(4-7-18)23-11-12-5-8-22-10-12/h1-2,9,12,14H,3-8,10-11H2. The fraction of sp³-hybridized carbons (Fsp3) is 0.625. The normalized spacial score (nSPS) is 22.5. The molecule has 1 aromatic rings. The number of hydrogen-bond donors (Lipinski definition) is 0. The zero-order chi connectivity index (χ0) is 16.2. The largest absolute Gasteiger partial charge is 0.381 e. The fourth-order valence-corrected chi connectivity index (χ4v) is 3.41. The van der Waals surface area contributed by atoms with E-state index in [4.69, 9.17) is 21.1 Å². The number of nitrogens with zero attached hydrogens (tertiary/aromatic N) is 2. The van der Waals surface area contributed by atoms with E-state index in [1.165, 1.54) is 12.1 Å². The topological polar surface area (TPSA) is 64.8 Å². The van der Waals surface area contributed by atoms with Gasteiger partial charge in [-0.1, -0.05) is 11.6 Å². The van der Waals surface area contributed by atoms with Crippen LogP contribution in [0.5, 0.6) is 0 Å². The van der Waals surface area contributed by atoms with Crippen molar-refractivity contribution in [2.24, 2.45) is 5.92 Å². The van der Waals surface area contributed by atoms with Crippen LogP contribution in [0.2, 0.25) is 5.02 Å². The van der Waals surface area contributed by atoms with Crippen molar-refractivity contribution in [2.75, 3.05) is 37.8 Å². The molecule has 0 bridgehead atoms. The Labute approximate surface area is 140 Å². The highest BCUT2D eigenvalue weighted by Gasteiger charge is 2.24. The molecule has 126 valence electrons. The number of rotatable bonds is 5. The minimum atomic E-state index is -0.428. The first-order chi connectivity index (χ1) is 11.1. The molecule has 2 aliphatic rings. The Morgan fingerprint density at radius 2 is 2.13 bits per heavy atom. The summed E-state index contributed by atoms with van der Waals surface area (Å²) >= 11 is 6.20. The van der Waals surface area contributed by atoms with Gasteiger partial charge < -0.3 is 14.4 Å². The molecule has 0 spiro atoms. The molecule has 6 nitrogen and oxygen atoms in total. The summed E-state index contributed by atoms with van der Waals surface area (Å²) in [5.41, 5.74) is 0.885. The second kappa shape index (κ2) is 7.47. The number of benzene rings is 1. The summed E-state index contributed by atoms with van der Waals surface area (Å²) in [6.45, 7) is 4.15. The smallest absolute Gasteiger partial charge is 0.271 e. The molecule has 2 fully saturated rings. The van der Waals surface area contributed by atoms with E-state index >= 15 is 0 Å². The summed E-state index contributed by atoms with van der Waals surface area (Å²) in [5.74, 6) is 0.539. The Balaban J connectivity index is 1.51. The summed E-state index contributed by atoms with van der Waals surface area (Å²) in [4.78, 5) is 12.5. The van der Waals surface area contributed by atoms with Crippen LogP contribution in [0.25, 0.3) is 0 Å². The number of hydrogen-bond acceptors (Lipinski definition) is 5. The van der Waals surface area contributed by atoms with E-state index in [1.807, 2.05) is 0 Å². The fourth-order valence-electron chi connectivity index (χ4n) is 3.12. The van der Waals surface area contributed by atoms with Gasteiger partial charge in [0, 0.05) is 37.7 Å². The Kier molecular flexibility index (Phi) is 5.35. The van der Waals surface area contributed by atoms with Crippen molar-refractivity contribution < 1.29 is 14.4 Å². The lowest BCUT2D eigenvalue weighted by molar-refractivity contribution is -0.384. The van der Waals surface area contributed by atoms with E-state index in [-0.39, 0.29) is 11.8 Å². The van der Waals surface area contributed by atoms with Gasteiger partial charge in [0.1, 0.15) is 0 Å². The average molecular weight is 341 g/mol. The third kappa shape index (κ3) is 4.13. The molecule has 23 heavy (non-hydrogen) atoms. The van der Waals surface area contributed by atoms with Gasteiger partial charge in [0.05, 0.1) is 35.0 Å². The van der Waals surface area contributed by atoms with E-state index < -0.39 is 4.92 Å². The highest BCUT2D eigenvalue weighted by atomic mass is 35.5. The van der Waals surface area contributed by atoms with E-state index in [0.717, 1.165) is 57.9 Å². The predicted octanol–water partition coefficient (Wildman–Crippen LogP) is 3.27. The Hall–Kier alpha value is -1.37. The van der Waals surface area contributed by atoms with Gasteiger partial charge >= 0.3 is 0 Å². The van der Waals surface area contributed by atoms with E-state index in [1.54, 1.807) is 6.07 Å². The van der Waals surface area contributed by atoms with Crippen LogP contribution in [-0.2, 0) is 9.47 Å². The number of piperidine rings is 1. The van der Waals surface area contributed by atoms with E-state index in [2.05, 4.69) is 4.90 Å². The minimum Gasteiger partial charge on any atom is -0.381 e. The second-order valence-electron chi connectivity index (χ2n) is 6.14. The van der Waals surface area contributed by atoms with Crippen LogP contribution in [0.1, 0.15) is 19.3 Å². The van der Waals surface area contributed by atoms with Crippen molar-refractivity contribution in [1.82, 2.24) is 0 Å². The van der Waals surface area contributed by atoms with Gasteiger partial charge in [0.2, 0.25) is 0 Å². The summed E-state index contributed by atoms with van der Waals surface area (Å²) in [6, 6.07) is 4.65. The molecule has 1 aromatic carbocycles. The van der Waals surface area contributed by atoms with Gasteiger partial charge in [0.15, 0.2) is 0 Å². The lowest BCUT2D eigenvalue weighted by Gasteiger charge is -2.34. The van der Waals surface area contributed by atoms with Gasteiger partial charge in [-0.2, -0.15) is 0 Å². The highest BCUT2D eigenvalue weighted by molar-refractivity contribution is 6.33. The molecule has 0 aromatic heterocycles. The maximum atomic E-state index is 10.8.